The fourth-order valence-corrected chi connectivity index (χ4v) is 4.63. The van der Waals surface area contributed by atoms with Gasteiger partial charge in [-0.25, -0.2) is 4.39 Å². The number of rotatable bonds is 10. The molecule has 39 heavy (non-hydrogen) atoms. The van der Waals surface area contributed by atoms with Gasteiger partial charge in [-0.1, -0.05) is 60.2 Å². The summed E-state index contributed by atoms with van der Waals surface area (Å²) in [6, 6.07) is 25.3. The molecule has 0 saturated carbocycles. The zero-order chi connectivity index (χ0) is 27.2. The Kier molecular flexibility index (Phi) is 7.87. The molecule has 2 aromatic heterocycles. The topological polar surface area (TPSA) is 69.6 Å². The van der Waals surface area contributed by atoms with E-state index in [1.165, 1.54) is 23.3 Å². The monoisotopic (exact) mass is 523 g/mol. The van der Waals surface area contributed by atoms with Gasteiger partial charge in [0.2, 0.25) is 5.91 Å². The number of aromatic nitrogens is 1. The molecular weight excluding hydrogens is 493 g/mol. The van der Waals surface area contributed by atoms with Crippen molar-refractivity contribution in [1.82, 2.24) is 14.8 Å². The summed E-state index contributed by atoms with van der Waals surface area (Å²) >= 11 is 0. The van der Waals surface area contributed by atoms with Crippen LogP contribution in [-0.2, 0) is 24.3 Å². The molecule has 0 spiro atoms. The Balaban J connectivity index is 1.38. The fraction of sp³-hybridized carbons (Fsp3) is 0.188. The number of aromatic amines is 1. The first-order valence-corrected chi connectivity index (χ1v) is 12.9. The minimum Gasteiger partial charge on any atom is -0.459 e. The average molecular weight is 524 g/mol. The number of fused-ring (bicyclic) bond motifs is 1. The van der Waals surface area contributed by atoms with Crippen molar-refractivity contribution < 1.29 is 18.4 Å². The number of aryl methyl sites for hydroxylation is 1. The lowest BCUT2D eigenvalue weighted by Crippen LogP contribution is -2.43. The number of amides is 2. The largest absolute Gasteiger partial charge is 0.459 e. The third kappa shape index (κ3) is 6.44. The summed E-state index contributed by atoms with van der Waals surface area (Å²) in [5.74, 6) is -0.795. The van der Waals surface area contributed by atoms with Gasteiger partial charge in [0.05, 0.1) is 6.26 Å². The van der Waals surface area contributed by atoms with Crippen LogP contribution in [-0.4, -0.2) is 39.7 Å². The summed E-state index contributed by atoms with van der Waals surface area (Å²) in [4.78, 5) is 33.6. The molecule has 0 atom stereocenters. The van der Waals surface area contributed by atoms with E-state index < -0.39 is 5.91 Å². The lowest BCUT2D eigenvalue weighted by Gasteiger charge is -2.28. The molecule has 1 N–H and O–H groups in total. The van der Waals surface area contributed by atoms with Gasteiger partial charge in [0.15, 0.2) is 5.76 Å². The fourth-order valence-electron chi connectivity index (χ4n) is 4.63. The van der Waals surface area contributed by atoms with Crippen LogP contribution in [0.1, 0.15) is 32.8 Å². The number of hydrogen-bond donors (Lipinski definition) is 1. The van der Waals surface area contributed by atoms with E-state index in [0.717, 1.165) is 27.6 Å². The molecule has 7 heteroatoms. The number of nitrogens with one attached hydrogen (secondary N) is 1. The number of furan rings is 1. The first-order valence-electron chi connectivity index (χ1n) is 12.9. The van der Waals surface area contributed by atoms with Crippen LogP contribution in [0.5, 0.6) is 0 Å². The highest BCUT2D eigenvalue weighted by Gasteiger charge is 2.24. The molecule has 2 amide bonds. The lowest BCUT2D eigenvalue weighted by atomic mass is 10.1. The summed E-state index contributed by atoms with van der Waals surface area (Å²) in [6.07, 6.45) is 4.07. The Hall–Kier alpha value is -4.65. The van der Waals surface area contributed by atoms with E-state index in [0.29, 0.717) is 25.1 Å². The maximum atomic E-state index is 13.8. The van der Waals surface area contributed by atoms with Crippen LogP contribution in [0.2, 0.25) is 0 Å². The highest BCUT2D eigenvalue weighted by atomic mass is 19.1. The third-order valence-electron chi connectivity index (χ3n) is 6.80. The molecule has 0 aliphatic rings. The quantitative estimate of drug-likeness (QED) is 0.240. The first-order chi connectivity index (χ1) is 19.0. The number of para-hydroxylation sites is 1. The molecular formula is C32H30FN3O3. The molecule has 0 unspecified atom stereocenters. The van der Waals surface area contributed by atoms with Crippen molar-refractivity contribution in [3.8, 4) is 0 Å². The minimum atomic E-state index is -0.399. The number of hydrogen-bond acceptors (Lipinski definition) is 3. The zero-order valence-electron chi connectivity index (χ0n) is 21.8. The first kappa shape index (κ1) is 26.0. The minimum absolute atomic E-state index is 0.142. The summed E-state index contributed by atoms with van der Waals surface area (Å²) in [6.45, 7) is 2.93. The van der Waals surface area contributed by atoms with Gasteiger partial charge in [-0.15, -0.1) is 0 Å². The number of H-pyrrole nitrogens is 1. The van der Waals surface area contributed by atoms with Crippen molar-refractivity contribution >= 4 is 22.7 Å². The van der Waals surface area contributed by atoms with Gasteiger partial charge in [0.25, 0.3) is 5.91 Å². The summed E-state index contributed by atoms with van der Waals surface area (Å²) in [5, 5.41) is 1.13. The number of halogens is 1. The van der Waals surface area contributed by atoms with Crippen LogP contribution in [0.3, 0.4) is 0 Å². The van der Waals surface area contributed by atoms with Crippen LogP contribution in [0, 0.1) is 12.7 Å². The van der Waals surface area contributed by atoms with Crippen molar-refractivity contribution in [2.45, 2.75) is 26.4 Å². The van der Waals surface area contributed by atoms with Gasteiger partial charge in [0, 0.05) is 36.7 Å². The van der Waals surface area contributed by atoms with Crippen molar-refractivity contribution in [2.75, 3.05) is 13.1 Å². The average Bonchev–Trinajstić information content (AvgIpc) is 3.63. The molecule has 0 bridgehead atoms. The predicted octanol–water partition coefficient (Wildman–Crippen LogP) is 6.12. The van der Waals surface area contributed by atoms with Crippen molar-refractivity contribution in [3.63, 3.8) is 0 Å². The second-order valence-corrected chi connectivity index (χ2v) is 9.68. The summed E-state index contributed by atoms with van der Waals surface area (Å²) in [7, 11) is 0. The van der Waals surface area contributed by atoms with E-state index in [1.54, 1.807) is 29.2 Å². The van der Waals surface area contributed by atoms with Crippen LogP contribution in [0.4, 0.5) is 4.39 Å². The second-order valence-electron chi connectivity index (χ2n) is 9.68. The number of nitrogens with zero attached hydrogens (tertiary/aromatic N) is 2. The molecule has 0 saturated heterocycles. The maximum Gasteiger partial charge on any atom is 0.290 e. The van der Waals surface area contributed by atoms with E-state index >= 15 is 0 Å². The maximum absolute atomic E-state index is 13.8. The number of carbonyl (C=O) groups excluding carboxylic acids is 2. The molecule has 0 fully saturated rings. The molecule has 0 aliphatic heterocycles. The third-order valence-corrected chi connectivity index (χ3v) is 6.80. The summed E-state index contributed by atoms with van der Waals surface area (Å²) < 4.78 is 18.8. The lowest BCUT2D eigenvalue weighted by molar-refractivity contribution is -0.132. The van der Waals surface area contributed by atoms with Crippen molar-refractivity contribution in [3.05, 3.63) is 131 Å². The van der Waals surface area contributed by atoms with Gasteiger partial charge < -0.3 is 19.2 Å². The van der Waals surface area contributed by atoms with E-state index in [1.807, 2.05) is 55.6 Å². The van der Waals surface area contributed by atoms with Crippen molar-refractivity contribution in [1.29, 1.82) is 0 Å². The standard InChI is InChI=1S/C32H30FN3O3/c1-23-8-10-24(11-9-23)20-35(17-16-26-19-34-29-6-3-2-5-28(26)29)31(37)22-36(32(38)30-7-4-18-39-30)21-25-12-14-27(33)15-13-25/h2-15,18-19,34H,16-17,20-22H2,1H3. The normalized spacial score (nSPS) is 11.0. The smallest absolute Gasteiger partial charge is 0.290 e. The summed E-state index contributed by atoms with van der Waals surface area (Å²) in [5.41, 5.74) is 5.05. The van der Waals surface area contributed by atoms with Gasteiger partial charge in [0.1, 0.15) is 12.4 Å². The Morgan fingerprint density at radius 3 is 2.26 bits per heavy atom. The van der Waals surface area contributed by atoms with E-state index in [4.69, 9.17) is 4.42 Å². The van der Waals surface area contributed by atoms with Gasteiger partial charge in [-0.05, 0) is 60.4 Å². The molecule has 5 rings (SSSR count). The van der Waals surface area contributed by atoms with Gasteiger partial charge in [-0.2, -0.15) is 0 Å². The molecule has 0 radical (unpaired) electrons. The van der Waals surface area contributed by atoms with E-state index in [-0.39, 0.29) is 30.6 Å². The Morgan fingerprint density at radius 2 is 1.54 bits per heavy atom. The van der Waals surface area contributed by atoms with E-state index in [2.05, 4.69) is 11.1 Å². The second kappa shape index (κ2) is 11.8. The number of benzene rings is 3. The zero-order valence-corrected chi connectivity index (χ0v) is 21.8. The highest BCUT2D eigenvalue weighted by molar-refractivity contribution is 5.94. The van der Waals surface area contributed by atoms with Crippen LogP contribution in [0.25, 0.3) is 10.9 Å². The Morgan fingerprint density at radius 1 is 0.846 bits per heavy atom. The molecule has 2 heterocycles. The van der Waals surface area contributed by atoms with Crippen molar-refractivity contribution in [2.24, 2.45) is 0 Å². The molecule has 5 aromatic rings. The molecule has 6 nitrogen and oxygen atoms in total. The highest BCUT2D eigenvalue weighted by Crippen LogP contribution is 2.20. The Labute approximate surface area is 226 Å². The molecule has 3 aromatic carbocycles. The van der Waals surface area contributed by atoms with Crippen LogP contribution >= 0.6 is 0 Å². The van der Waals surface area contributed by atoms with Gasteiger partial charge in [-0.3, -0.25) is 9.59 Å². The molecule has 0 aliphatic carbocycles. The van der Waals surface area contributed by atoms with Gasteiger partial charge >= 0.3 is 0 Å². The van der Waals surface area contributed by atoms with Crippen LogP contribution in [0.15, 0.2) is 102 Å². The molecule has 198 valence electrons. The van der Waals surface area contributed by atoms with E-state index in [9.17, 15) is 14.0 Å². The predicted molar refractivity (Wildman–Crippen MR) is 148 cm³/mol. The Bertz CT molecular complexity index is 1540. The van der Waals surface area contributed by atoms with Crippen LogP contribution < -0.4 is 0 Å². The number of carbonyl (C=O) groups is 2. The SMILES string of the molecule is Cc1ccc(CN(CCc2c[nH]c3ccccc23)C(=O)CN(Cc2ccc(F)cc2)C(=O)c2ccco2)cc1.